The van der Waals surface area contributed by atoms with Crippen LogP contribution in [0, 0.1) is 0 Å². The summed E-state index contributed by atoms with van der Waals surface area (Å²) in [5, 5.41) is 7.39. The minimum Gasteiger partial charge on any atom is -0.496 e. The predicted molar refractivity (Wildman–Crippen MR) is 150 cm³/mol. The molecule has 1 heterocycles. The fraction of sp³-hybridized carbons (Fsp3) is 0.310. The van der Waals surface area contributed by atoms with Crippen LogP contribution in [0.5, 0.6) is 11.5 Å². The summed E-state index contributed by atoms with van der Waals surface area (Å²) in [5.74, 6) is -0.129. The van der Waals surface area contributed by atoms with Crippen molar-refractivity contribution >= 4 is 40.3 Å². The van der Waals surface area contributed by atoms with Crippen LogP contribution in [0.1, 0.15) is 63.4 Å². The largest absolute Gasteiger partial charge is 0.496 e. The first-order valence-electron chi connectivity index (χ1n) is 12.8. The molecule has 0 saturated heterocycles. The third-order valence-corrected chi connectivity index (χ3v) is 7.40. The molecule has 204 valence electrons. The third kappa shape index (κ3) is 6.83. The number of fused-ring (bicyclic) bond motifs is 1. The Labute approximate surface area is 231 Å². The molecule has 0 spiro atoms. The molecule has 1 aliphatic rings. The summed E-state index contributed by atoms with van der Waals surface area (Å²) in [6.07, 6.45) is 4.44. The van der Waals surface area contributed by atoms with Gasteiger partial charge < -0.3 is 19.5 Å². The fourth-order valence-electron chi connectivity index (χ4n) is 4.22. The number of amides is 2. The van der Waals surface area contributed by atoms with Crippen molar-refractivity contribution in [3.8, 4) is 11.5 Å². The van der Waals surface area contributed by atoms with Crippen molar-refractivity contribution in [3.63, 3.8) is 0 Å². The number of ether oxygens (including phenoxy) is 3. The molecule has 2 amide bonds. The number of aryl methyl sites for hydroxylation is 1. The molecule has 9 nitrogen and oxygen atoms in total. The Morgan fingerprint density at radius 1 is 1.08 bits per heavy atom. The second-order valence-corrected chi connectivity index (χ2v) is 9.96. The number of hydrogen-bond acceptors (Lipinski definition) is 8. The van der Waals surface area contributed by atoms with Crippen LogP contribution < -0.4 is 20.2 Å². The van der Waals surface area contributed by atoms with Gasteiger partial charge in [0.1, 0.15) is 16.5 Å². The molecule has 0 bridgehead atoms. The summed E-state index contributed by atoms with van der Waals surface area (Å²) in [6, 6.07) is 13.7. The number of benzene rings is 2. The summed E-state index contributed by atoms with van der Waals surface area (Å²) >= 11 is 1.44. The van der Waals surface area contributed by atoms with Gasteiger partial charge in [-0.1, -0.05) is 12.1 Å². The van der Waals surface area contributed by atoms with Gasteiger partial charge in [-0.15, -0.1) is 11.3 Å². The monoisotopic (exact) mass is 549 g/mol. The van der Waals surface area contributed by atoms with Gasteiger partial charge in [0.25, 0.3) is 11.8 Å². The summed E-state index contributed by atoms with van der Waals surface area (Å²) in [5.41, 5.74) is 5.02. The number of hydrogen-bond donors (Lipinski definition) is 2. The van der Waals surface area contributed by atoms with Crippen molar-refractivity contribution in [3.05, 3.63) is 75.7 Å². The number of hydrazone groups is 1. The highest BCUT2D eigenvalue weighted by Gasteiger charge is 2.27. The SMILES string of the molecule is CCOC(=O)c1c(NC(=O)c2ccc(O[C@H](C)C(=O)N/N=C\c3ccccc3OC)cc2)sc2c1CCCC2. The average molecular weight is 550 g/mol. The lowest BCUT2D eigenvalue weighted by atomic mass is 9.95. The van der Waals surface area contributed by atoms with Crippen molar-refractivity contribution in [2.45, 2.75) is 45.6 Å². The van der Waals surface area contributed by atoms with Crippen molar-refractivity contribution in [1.29, 1.82) is 0 Å². The first kappa shape index (κ1) is 27.8. The molecule has 10 heteroatoms. The number of rotatable bonds is 10. The van der Waals surface area contributed by atoms with Crippen LogP contribution in [-0.2, 0) is 22.4 Å². The molecule has 1 atom stereocenters. The van der Waals surface area contributed by atoms with Gasteiger partial charge in [-0.25, -0.2) is 10.2 Å². The van der Waals surface area contributed by atoms with Crippen molar-refractivity contribution in [1.82, 2.24) is 5.43 Å². The Bertz CT molecular complexity index is 1370. The first-order chi connectivity index (χ1) is 18.9. The summed E-state index contributed by atoms with van der Waals surface area (Å²) in [4.78, 5) is 39.2. The van der Waals surface area contributed by atoms with E-state index < -0.39 is 18.0 Å². The smallest absolute Gasteiger partial charge is 0.341 e. The number of nitrogens with one attached hydrogen (secondary N) is 2. The normalized spacial score (nSPS) is 13.3. The van der Waals surface area contributed by atoms with E-state index in [0.717, 1.165) is 41.7 Å². The topological polar surface area (TPSA) is 115 Å². The zero-order valence-electron chi connectivity index (χ0n) is 22.1. The molecular formula is C29H31N3O6S. The van der Waals surface area contributed by atoms with Gasteiger partial charge in [-0.05, 0) is 81.5 Å². The molecule has 3 aromatic rings. The van der Waals surface area contributed by atoms with E-state index in [2.05, 4.69) is 15.8 Å². The fourth-order valence-corrected chi connectivity index (χ4v) is 5.49. The Kier molecular flexibility index (Phi) is 9.32. The van der Waals surface area contributed by atoms with E-state index in [1.807, 2.05) is 18.2 Å². The summed E-state index contributed by atoms with van der Waals surface area (Å²) in [7, 11) is 1.56. The molecule has 1 aliphatic carbocycles. The molecule has 39 heavy (non-hydrogen) atoms. The predicted octanol–water partition coefficient (Wildman–Crippen LogP) is 4.98. The second kappa shape index (κ2) is 13.1. The second-order valence-electron chi connectivity index (χ2n) is 8.85. The Morgan fingerprint density at radius 2 is 1.82 bits per heavy atom. The average Bonchev–Trinajstić information content (AvgIpc) is 3.31. The maximum atomic E-state index is 13.0. The number of methoxy groups -OCH3 is 1. The van der Waals surface area contributed by atoms with Gasteiger partial charge in [-0.2, -0.15) is 5.10 Å². The molecule has 2 aromatic carbocycles. The maximum absolute atomic E-state index is 13.0. The van der Waals surface area contributed by atoms with E-state index in [4.69, 9.17) is 14.2 Å². The number of carbonyl (C=O) groups excluding carboxylic acids is 3. The number of carbonyl (C=O) groups is 3. The van der Waals surface area contributed by atoms with Crippen LogP contribution in [0.25, 0.3) is 0 Å². The highest BCUT2D eigenvalue weighted by molar-refractivity contribution is 7.17. The number of nitrogens with zero attached hydrogens (tertiary/aromatic N) is 1. The lowest BCUT2D eigenvalue weighted by Crippen LogP contribution is -2.33. The van der Waals surface area contributed by atoms with E-state index in [1.54, 1.807) is 51.3 Å². The van der Waals surface area contributed by atoms with Gasteiger partial charge in [0, 0.05) is 16.0 Å². The molecule has 0 radical (unpaired) electrons. The minimum atomic E-state index is -0.830. The molecular weight excluding hydrogens is 518 g/mol. The van der Waals surface area contributed by atoms with Crippen LogP contribution >= 0.6 is 11.3 Å². The van der Waals surface area contributed by atoms with Crippen LogP contribution in [0.15, 0.2) is 53.6 Å². The van der Waals surface area contributed by atoms with E-state index in [0.29, 0.717) is 27.6 Å². The van der Waals surface area contributed by atoms with Gasteiger partial charge in [-0.3, -0.25) is 9.59 Å². The molecule has 0 unspecified atom stereocenters. The van der Waals surface area contributed by atoms with Crippen LogP contribution in [-0.4, -0.2) is 43.8 Å². The Balaban J connectivity index is 1.36. The van der Waals surface area contributed by atoms with Gasteiger partial charge in [0.05, 0.1) is 25.5 Å². The molecule has 4 rings (SSSR count). The van der Waals surface area contributed by atoms with E-state index in [1.165, 1.54) is 17.6 Å². The lowest BCUT2D eigenvalue weighted by molar-refractivity contribution is -0.127. The van der Waals surface area contributed by atoms with Gasteiger partial charge >= 0.3 is 5.97 Å². The van der Waals surface area contributed by atoms with Gasteiger partial charge in [0.15, 0.2) is 6.10 Å². The molecule has 0 saturated carbocycles. The third-order valence-electron chi connectivity index (χ3n) is 6.19. The summed E-state index contributed by atoms with van der Waals surface area (Å²) in [6.45, 7) is 3.63. The van der Waals surface area contributed by atoms with E-state index in [9.17, 15) is 14.4 Å². The number of para-hydroxylation sites is 1. The molecule has 2 N–H and O–H groups in total. The van der Waals surface area contributed by atoms with Crippen molar-refractivity contribution < 1.29 is 28.6 Å². The highest BCUT2D eigenvalue weighted by Crippen LogP contribution is 2.38. The Hall–Kier alpha value is -4.18. The summed E-state index contributed by atoms with van der Waals surface area (Å²) < 4.78 is 16.2. The zero-order chi connectivity index (χ0) is 27.8. The molecule has 1 aromatic heterocycles. The standard InChI is InChI=1S/C29H31N3O6S/c1-4-37-29(35)25-22-10-6-8-12-24(22)39-28(25)31-27(34)19-13-15-21(16-14-19)38-18(2)26(33)32-30-17-20-9-5-7-11-23(20)36-3/h5,7,9,11,13-18H,4,6,8,10,12H2,1-3H3,(H,31,34)(H,32,33)/b30-17-/t18-/m1/s1. The van der Waals surface area contributed by atoms with Crippen molar-refractivity contribution in [2.24, 2.45) is 5.10 Å². The van der Waals surface area contributed by atoms with Crippen molar-refractivity contribution in [2.75, 3.05) is 19.0 Å². The minimum absolute atomic E-state index is 0.267. The number of anilines is 1. The van der Waals surface area contributed by atoms with E-state index >= 15 is 0 Å². The maximum Gasteiger partial charge on any atom is 0.341 e. The molecule has 0 fully saturated rings. The zero-order valence-corrected chi connectivity index (χ0v) is 22.9. The van der Waals surface area contributed by atoms with Crippen LogP contribution in [0.2, 0.25) is 0 Å². The number of thiophene rings is 1. The highest BCUT2D eigenvalue weighted by atomic mass is 32.1. The van der Waals surface area contributed by atoms with Crippen LogP contribution in [0.3, 0.4) is 0 Å². The quantitative estimate of drug-likeness (QED) is 0.209. The Morgan fingerprint density at radius 3 is 2.56 bits per heavy atom. The van der Waals surface area contributed by atoms with Gasteiger partial charge in [0.2, 0.25) is 0 Å². The number of esters is 1. The van der Waals surface area contributed by atoms with Crippen LogP contribution in [0.4, 0.5) is 5.00 Å². The molecule has 0 aliphatic heterocycles. The first-order valence-corrected chi connectivity index (χ1v) is 13.6. The lowest BCUT2D eigenvalue weighted by Gasteiger charge is -2.13. The van der Waals surface area contributed by atoms with E-state index in [-0.39, 0.29) is 12.5 Å².